The third kappa shape index (κ3) is 21.7. The molecule has 0 rings (SSSR count). The molecular formula is C26H48N4O7S. The van der Waals surface area contributed by atoms with E-state index in [1.54, 1.807) is 0 Å². The van der Waals surface area contributed by atoms with Gasteiger partial charge >= 0.3 is 11.9 Å². The monoisotopic (exact) mass is 560 g/mol. The van der Waals surface area contributed by atoms with E-state index in [1.165, 1.54) is 63.1 Å². The third-order valence-electron chi connectivity index (χ3n) is 5.93. The van der Waals surface area contributed by atoms with Gasteiger partial charge in [0, 0.05) is 30.9 Å². The minimum Gasteiger partial charge on any atom is -0.480 e. The predicted molar refractivity (Wildman–Crippen MR) is 149 cm³/mol. The van der Waals surface area contributed by atoms with Crippen LogP contribution in [0.3, 0.4) is 0 Å². The molecule has 7 N–H and O–H groups in total. The highest BCUT2D eigenvalue weighted by Gasteiger charge is 2.22. The predicted octanol–water partition coefficient (Wildman–Crippen LogP) is 2.41. The molecule has 0 unspecified atom stereocenters. The molecule has 0 aliphatic rings. The number of hydrogen-bond donors (Lipinski definition) is 6. The van der Waals surface area contributed by atoms with Gasteiger partial charge in [-0.3, -0.25) is 24.0 Å². The van der Waals surface area contributed by atoms with Gasteiger partial charge in [-0.25, -0.2) is 0 Å². The van der Waals surface area contributed by atoms with Gasteiger partial charge in [-0.1, -0.05) is 71.1 Å². The quantitative estimate of drug-likeness (QED) is 0.0911. The first-order valence-electron chi connectivity index (χ1n) is 13.8. The molecule has 0 spiro atoms. The van der Waals surface area contributed by atoms with Crippen molar-refractivity contribution in [3.8, 4) is 0 Å². The number of carbonyl (C=O) groups is 5. The molecule has 0 bridgehead atoms. The molecule has 0 fully saturated rings. The summed E-state index contributed by atoms with van der Waals surface area (Å²) in [6.45, 7) is 2.05. The summed E-state index contributed by atoms with van der Waals surface area (Å²) >= 11 is 1.33. The van der Waals surface area contributed by atoms with Gasteiger partial charge in [0.2, 0.25) is 17.7 Å². The summed E-state index contributed by atoms with van der Waals surface area (Å²) in [5.41, 5.74) is 5.39. The molecular weight excluding hydrogens is 512 g/mol. The smallest absolute Gasteiger partial charge is 0.322 e. The molecule has 0 heterocycles. The zero-order valence-electron chi connectivity index (χ0n) is 22.8. The third-order valence-corrected chi connectivity index (χ3v) is 6.99. The number of nitrogens with one attached hydrogen (secondary N) is 3. The van der Waals surface area contributed by atoms with Crippen molar-refractivity contribution in [2.45, 2.75) is 109 Å². The van der Waals surface area contributed by atoms with E-state index in [0.29, 0.717) is 18.7 Å². The minimum atomic E-state index is -1.23. The molecule has 0 saturated carbocycles. The second-order valence-electron chi connectivity index (χ2n) is 9.43. The van der Waals surface area contributed by atoms with Crippen LogP contribution in [-0.4, -0.2) is 76.6 Å². The summed E-state index contributed by atoms with van der Waals surface area (Å²) in [7, 11) is 0. The van der Waals surface area contributed by atoms with Gasteiger partial charge < -0.3 is 31.9 Å². The molecule has 11 nitrogen and oxygen atoms in total. The van der Waals surface area contributed by atoms with Gasteiger partial charge in [0.15, 0.2) is 0 Å². The molecule has 0 aliphatic heterocycles. The maximum Gasteiger partial charge on any atom is 0.322 e. The van der Waals surface area contributed by atoms with Crippen molar-refractivity contribution < 1.29 is 34.2 Å². The molecule has 12 heteroatoms. The molecule has 3 amide bonds. The zero-order chi connectivity index (χ0) is 28.6. The first kappa shape index (κ1) is 35.7. The molecule has 0 saturated heterocycles. The van der Waals surface area contributed by atoms with E-state index in [0.717, 1.165) is 19.3 Å². The van der Waals surface area contributed by atoms with Crippen LogP contribution in [0.4, 0.5) is 0 Å². The highest BCUT2D eigenvalue weighted by Crippen LogP contribution is 2.12. The fourth-order valence-electron chi connectivity index (χ4n) is 3.65. The number of aliphatic carboxylic acids is 2. The molecule has 0 aromatic heterocycles. The first-order chi connectivity index (χ1) is 18.2. The molecule has 0 aliphatic carbocycles. The number of hydrogen-bond acceptors (Lipinski definition) is 7. The van der Waals surface area contributed by atoms with Gasteiger partial charge in [-0.15, -0.1) is 0 Å². The second kappa shape index (κ2) is 23.8. The Kier molecular flexibility index (Phi) is 22.3. The number of nitrogens with two attached hydrogens (primary N) is 1. The highest BCUT2D eigenvalue weighted by atomic mass is 32.2. The van der Waals surface area contributed by atoms with Crippen molar-refractivity contribution in [1.82, 2.24) is 16.0 Å². The van der Waals surface area contributed by atoms with Gasteiger partial charge in [0.25, 0.3) is 0 Å². The van der Waals surface area contributed by atoms with Crippen molar-refractivity contribution in [2.24, 2.45) is 5.73 Å². The Labute approximate surface area is 230 Å². The van der Waals surface area contributed by atoms with Crippen LogP contribution in [0, 0.1) is 0 Å². The van der Waals surface area contributed by atoms with E-state index >= 15 is 0 Å². The van der Waals surface area contributed by atoms with Crippen LogP contribution in [-0.2, 0) is 24.0 Å². The summed E-state index contributed by atoms with van der Waals surface area (Å²) in [6.07, 6.45) is 13.6. The van der Waals surface area contributed by atoms with Crippen molar-refractivity contribution in [1.29, 1.82) is 0 Å². The van der Waals surface area contributed by atoms with E-state index in [1.807, 2.05) is 0 Å². The molecule has 2 atom stereocenters. The Bertz CT molecular complexity index is 709. The SMILES string of the molecule is CCCCCCCCCCCCCC(=O)NCCSC[C@H](NC(=O)CC[C@H](N)C(=O)O)C(=O)NCC(=O)O. The number of carboxylic acids is 2. The molecule has 220 valence electrons. The number of amides is 3. The summed E-state index contributed by atoms with van der Waals surface area (Å²) in [6, 6.07) is -2.19. The largest absolute Gasteiger partial charge is 0.480 e. The highest BCUT2D eigenvalue weighted by molar-refractivity contribution is 7.99. The Hall–Kier alpha value is -2.34. The minimum absolute atomic E-state index is 0.0136. The lowest BCUT2D eigenvalue weighted by atomic mass is 10.1. The number of carboxylic acid groups (broad SMARTS) is 2. The van der Waals surface area contributed by atoms with E-state index in [4.69, 9.17) is 15.9 Å². The summed E-state index contributed by atoms with van der Waals surface area (Å²) in [5, 5.41) is 25.2. The summed E-state index contributed by atoms with van der Waals surface area (Å²) in [4.78, 5) is 58.0. The Morgan fingerprint density at radius 3 is 1.92 bits per heavy atom. The van der Waals surface area contributed by atoms with Crippen LogP contribution in [0.15, 0.2) is 0 Å². The average Bonchev–Trinajstić information content (AvgIpc) is 2.87. The van der Waals surface area contributed by atoms with Crippen LogP contribution in [0.25, 0.3) is 0 Å². The van der Waals surface area contributed by atoms with E-state index in [2.05, 4.69) is 22.9 Å². The topological polar surface area (TPSA) is 188 Å². The molecule has 38 heavy (non-hydrogen) atoms. The van der Waals surface area contributed by atoms with Crippen molar-refractivity contribution >= 4 is 41.4 Å². The van der Waals surface area contributed by atoms with Crippen LogP contribution < -0.4 is 21.7 Å². The lowest BCUT2D eigenvalue weighted by molar-refractivity contribution is -0.139. The molecule has 0 radical (unpaired) electrons. The van der Waals surface area contributed by atoms with Crippen molar-refractivity contribution in [2.75, 3.05) is 24.6 Å². The first-order valence-corrected chi connectivity index (χ1v) is 14.9. The van der Waals surface area contributed by atoms with E-state index in [-0.39, 0.29) is 24.5 Å². The summed E-state index contributed by atoms with van der Waals surface area (Å²) < 4.78 is 0. The molecule has 0 aromatic carbocycles. The number of thioether (sulfide) groups is 1. The van der Waals surface area contributed by atoms with Gasteiger partial charge in [-0.2, -0.15) is 11.8 Å². The fraction of sp³-hybridized carbons (Fsp3) is 0.808. The van der Waals surface area contributed by atoms with Gasteiger partial charge in [-0.05, 0) is 12.8 Å². The van der Waals surface area contributed by atoms with Gasteiger partial charge in [0.1, 0.15) is 18.6 Å². The Morgan fingerprint density at radius 1 is 0.789 bits per heavy atom. The van der Waals surface area contributed by atoms with Crippen LogP contribution in [0.5, 0.6) is 0 Å². The number of carbonyl (C=O) groups excluding carboxylic acids is 3. The average molecular weight is 561 g/mol. The van der Waals surface area contributed by atoms with E-state index < -0.39 is 42.4 Å². The fourth-order valence-corrected chi connectivity index (χ4v) is 4.53. The maximum absolute atomic E-state index is 12.3. The maximum atomic E-state index is 12.3. The van der Waals surface area contributed by atoms with Crippen LogP contribution in [0.2, 0.25) is 0 Å². The Morgan fingerprint density at radius 2 is 1.37 bits per heavy atom. The van der Waals surface area contributed by atoms with Crippen molar-refractivity contribution in [3.63, 3.8) is 0 Å². The molecule has 0 aromatic rings. The lowest BCUT2D eigenvalue weighted by Crippen LogP contribution is -2.49. The Balaban J connectivity index is 4.09. The lowest BCUT2D eigenvalue weighted by Gasteiger charge is -2.18. The summed E-state index contributed by atoms with van der Waals surface area (Å²) in [5.74, 6) is -3.00. The van der Waals surface area contributed by atoms with Gasteiger partial charge in [0.05, 0.1) is 0 Å². The second-order valence-corrected chi connectivity index (χ2v) is 10.6. The van der Waals surface area contributed by atoms with E-state index in [9.17, 15) is 24.0 Å². The standard InChI is InChI=1S/C26H48N4O7S/c1-2-3-4-5-6-7-8-9-10-11-12-13-22(31)28-16-17-38-19-21(25(35)29-18-24(33)34)30-23(32)15-14-20(27)26(36)37/h20-21H,2-19,27H2,1H3,(H,28,31)(H,29,35)(H,30,32)(H,33,34)(H,36,37)/t20-,21-/m0/s1. The number of unbranched alkanes of at least 4 members (excludes halogenated alkanes) is 10. The van der Waals surface area contributed by atoms with Crippen molar-refractivity contribution in [3.05, 3.63) is 0 Å². The zero-order valence-corrected chi connectivity index (χ0v) is 23.6. The number of rotatable bonds is 25. The normalized spacial score (nSPS) is 12.4. The van der Waals surface area contributed by atoms with Crippen LogP contribution >= 0.6 is 11.8 Å². The van der Waals surface area contributed by atoms with Crippen LogP contribution in [0.1, 0.15) is 96.8 Å².